The van der Waals surface area contributed by atoms with Crippen molar-refractivity contribution < 1.29 is 27.9 Å². The van der Waals surface area contributed by atoms with Gasteiger partial charge in [-0.05, 0) is 48.7 Å². The molecule has 0 aliphatic rings. The Bertz CT molecular complexity index is 976. The SMILES string of the molecule is C=C(C)N(Cc1cccc(C(=O)CO)c1)C(=O)/C=C(\C)c1ccc(C(F)(F)F)cc1. The molecule has 0 radical (unpaired) electrons. The molecule has 0 aliphatic carbocycles. The van der Waals surface area contributed by atoms with Crippen LogP contribution in [-0.2, 0) is 17.5 Å². The molecule has 1 N–H and O–H groups in total. The zero-order valence-electron chi connectivity index (χ0n) is 16.7. The van der Waals surface area contributed by atoms with E-state index >= 15 is 0 Å². The topological polar surface area (TPSA) is 57.6 Å². The van der Waals surface area contributed by atoms with Gasteiger partial charge in [-0.25, -0.2) is 0 Å². The maximum absolute atomic E-state index is 12.8. The Labute approximate surface area is 172 Å². The lowest BCUT2D eigenvalue weighted by molar-refractivity contribution is -0.137. The minimum Gasteiger partial charge on any atom is -0.388 e. The summed E-state index contributed by atoms with van der Waals surface area (Å²) in [6, 6.07) is 11.1. The van der Waals surface area contributed by atoms with Gasteiger partial charge < -0.3 is 10.0 Å². The van der Waals surface area contributed by atoms with Crippen molar-refractivity contribution in [2.75, 3.05) is 6.61 Å². The van der Waals surface area contributed by atoms with Gasteiger partial charge in [0.05, 0.1) is 12.1 Å². The fourth-order valence-corrected chi connectivity index (χ4v) is 2.79. The highest BCUT2D eigenvalue weighted by molar-refractivity contribution is 5.97. The highest BCUT2D eigenvalue weighted by Gasteiger charge is 2.30. The summed E-state index contributed by atoms with van der Waals surface area (Å²) in [7, 11) is 0. The molecule has 0 unspecified atom stereocenters. The lowest BCUT2D eigenvalue weighted by atomic mass is 10.0. The number of aliphatic hydroxyl groups excluding tert-OH is 1. The average Bonchev–Trinajstić information content (AvgIpc) is 2.70. The predicted octanol–water partition coefficient (Wildman–Crippen LogP) is 4.85. The van der Waals surface area contributed by atoms with Crippen molar-refractivity contribution in [3.05, 3.63) is 89.1 Å². The molecule has 0 heterocycles. The van der Waals surface area contributed by atoms with Crippen LogP contribution in [0.3, 0.4) is 0 Å². The van der Waals surface area contributed by atoms with Crippen molar-refractivity contribution in [3.63, 3.8) is 0 Å². The van der Waals surface area contributed by atoms with E-state index in [1.54, 1.807) is 38.1 Å². The largest absolute Gasteiger partial charge is 0.416 e. The number of rotatable bonds is 7. The molecule has 0 bridgehead atoms. The van der Waals surface area contributed by atoms with Gasteiger partial charge in [0.15, 0.2) is 5.78 Å². The van der Waals surface area contributed by atoms with Crippen LogP contribution in [0.1, 0.15) is 40.9 Å². The van der Waals surface area contributed by atoms with E-state index in [4.69, 9.17) is 5.11 Å². The van der Waals surface area contributed by atoms with Crippen LogP contribution < -0.4 is 0 Å². The Morgan fingerprint density at radius 2 is 1.70 bits per heavy atom. The molecule has 1 amide bonds. The second kappa shape index (κ2) is 9.54. The monoisotopic (exact) mass is 417 g/mol. The number of halogens is 3. The summed E-state index contributed by atoms with van der Waals surface area (Å²) in [6.45, 7) is 6.64. The molecule has 2 aromatic rings. The maximum Gasteiger partial charge on any atom is 0.416 e. The smallest absolute Gasteiger partial charge is 0.388 e. The van der Waals surface area contributed by atoms with Crippen LogP contribution in [0.25, 0.3) is 5.57 Å². The van der Waals surface area contributed by atoms with E-state index in [2.05, 4.69) is 6.58 Å². The summed E-state index contributed by atoms with van der Waals surface area (Å²) in [5, 5.41) is 9.01. The highest BCUT2D eigenvalue weighted by Crippen LogP contribution is 2.30. The van der Waals surface area contributed by atoms with E-state index in [1.165, 1.54) is 23.1 Å². The number of carbonyl (C=O) groups excluding carboxylic acids is 2. The van der Waals surface area contributed by atoms with Crippen LogP contribution in [0.15, 0.2) is 66.9 Å². The molecule has 0 atom stereocenters. The summed E-state index contributed by atoms with van der Waals surface area (Å²) in [4.78, 5) is 25.9. The number of hydrogen-bond acceptors (Lipinski definition) is 3. The number of benzene rings is 2. The molecule has 0 aromatic heterocycles. The Morgan fingerprint density at radius 1 is 1.07 bits per heavy atom. The molecule has 7 heteroatoms. The molecule has 158 valence electrons. The van der Waals surface area contributed by atoms with Crippen molar-refractivity contribution in [2.24, 2.45) is 0 Å². The number of amides is 1. The number of ketones is 1. The van der Waals surface area contributed by atoms with Crippen LogP contribution in [0.5, 0.6) is 0 Å². The van der Waals surface area contributed by atoms with E-state index < -0.39 is 30.0 Å². The van der Waals surface area contributed by atoms with Crippen molar-refractivity contribution in [1.29, 1.82) is 0 Å². The highest BCUT2D eigenvalue weighted by atomic mass is 19.4. The molecule has 30 heavy (non-hydrogen) atoms. The second-order valence-corrected chi connectivity index (χ2v) is 6.84. The first-order valence-corrected chi connectivity index (χ1v) is 9.09. The fraction of sp³-hybridized carbons (Fsp3) is 0.217. The van der Waals surface area contributed by atoms with Crippen LogP contribution in [0, 0.1) is 0 Å². The summed E-state index contributed by atoms with van der Waals surface area (Å²) in [6.07, 6.45) is -3.09. The molecule has 2 aromatic carbocycles. The van der Waals surface area contributed by atoms with Crippen LogP contribution in [0.2, 0.25) is 0 Å². The van der Waals surface area contributed by atoms with Gasteiger partial charge in [0, 0.05) is 17.3 Å². The third kappa shape index (κ3) is 5.90. The van der Waals surface area contributed by atoms with Gasteiger partial charge in [-0.15, -0.1) is 0 Å². The zero-order valence-corrected chi connectivity index (χ0v) is 16.7. The number of carbonyl (C=O) groups is 2. The van der Waals surface area contributed by atoms with Crippen molar-refractivity contribution in [3.8, 4) is 0 Å². The molecule has 0 spiro atoms. The first-order valence-electron chi connectivity index (χ1n) is 9.09. The molecule has 4 nitrogen and oxygen atoms in total. The number of allylic oxidation sites excluding steroid dienone is 2. The fourth-order valence-electron chi connectivity index (χ4n) is 2.79. The first kappa shape index (κ1) is 23.1. The predicted molar refractivity (Wildman–Crippen MR) is 108 cm³/mol. The number of nitrogens with zero attached hydrogens (tertiary/aromatic N) is 1. The summed E-state index contributed by atoms with van der Waals surface area (Å²) in [5.74, 6) is -0.818. The zero-order chi connectivity index (χ0) is 22.5. The summed E-state index contributed by atoms with van der Waals surface area (Å²) in [5.41, 5.74) is 1.71. The molecule has 0 saturated heterocycles. The van der Waals surface area contributed by atoms with Crippen LogP contribution in [0.4, 0.5) is 13.2 Å². The number of Topliss-reactive ketones (excluding diaryl/α,β-unsaturated/α-hetero) is 1. The third-order valence-corrected chi connectivity index (χ3v) is 4.47. The lowest BCUT2D eigenvalue weighted by Crippen LogP contribution is -2.27. The quantitative estimate of drug-likeness (QED) is 0.518. The lowest BCUT2D eigenvalue weighted by Gasteiger charge is -2.22. The van der Waals surface area contributed by atoms with Gasteiger partial charge in [0.25, 0.3) is 5.91 Å². The Kier molecular flexibility index (Phi) is 7.34. The Balaban J connectivity index is 2.23. The van der Waals surface area contributed by atoms with Crippen molar-refractivity contribution >= 4 is 17.3 Å². The summed E-state index contributed by atoms with van der Waals surface area (Å²) >= 11 is 0. The van der Waals surface area contributed by atoms with Crippen LogP contribution in [-0.4, -0.2) is 28.3 Å². The molecule has 0 saturated carbocycles. The number of hydrogen-bond donors (Lipinski definition) is 1. The third-order valence-electron chi connectivity index (χ3n) is 4.47. The van der Waals surface area contributed by atoms with E-state index in [-0.39, 0.29) is 6.54 Å². The molecule has 0 aliphatic heterocycles. The minimum atomic E-state index is -4.42. The molecule has 0 fully saturated rings. The van der Waals surface area contributed by atoms with Gasteiger partial charge >= 0.3 is 6.18 Å². The molecular formula is C23H22F3NO3. The minimum absolute atomic E-state index is 0.150. The molecular weight excluding hydrogens is 395 g/mol. The van der Waals surface area contributed by atoms with Gasteiger partial charge in [-0.2, -0.15) is 13.2 Å². The van der Waals surface area contributed by atoms with Crippen LogP contribution >= 0.6 is 0 Å². The standard InChI is InChI=1S/C23H22F3NO3/c1-15(2)27(13-17-5-4-6-19(12-17)21(29)14-28)22(30)11-16(3)18-7-9-20(10-8-18)23(24,25)26/h4-12,28H,1,13-14H2,2-3H3/b16-11+. The van der Waals surface area contributed by atoms with Gasteiger partial charge in [0.2, 0.25) is 0 Å². The van der Waals surface area contributed by atoms with E-state index in [9.17, 15) is 22.8 Å². The van der Waals surface area contributed by atoms with E-state index in [0.717, 1.165) is 12.1 Å². The average molecular weight is 417 g/mol. The number of alkyl halides is 3. The van der Waals surface area contributed by atoms with E-state index in [0.29, 0.717) is 28.0 Å². The normalized spacial score (nSPS) is 11.9. The number of aliphatic hydroxyl groups is 1. The van der Waals surface area contributed by atoms with Gasteiger partial charge in [-0.3, -0.25) is 9.59 Å². The molecule has 2 rings (SSSR count). The van der Waals surface area contributed by atoms with Gasteiger partial charge in [0.1, 0.15) is 6.61 Å². The maximum atomic E-state index is 12.8. The summed E-state index contributed by atoms with van der Waals surface area (Å²) < 4.78 is 38.1. The van der Waals surface area contributed by atoms with Crippen molar-refractivity contribution in [2.45, 2.75) is 26.6 Å². The Hall–Kier alpha value is -3.19. The Morgan fingerprint density at radius 3 is 2.23 bits per heavy atom. The van der Waals surface area contributed by atoms with Crippen molar-refractivity contribution in [1.82, 2.24) is 4.90 Å². The van der Waals surface area contributed by atoms with Gasteiger partial charge in [-0.1, -0.05) is 36.9 Å². The van der Waals surface area contributed by atoms with E-state index in [1.807, 2.05) is 0 Å². The first-order chi connectivity index (χ1) is 14.0. The second-order valence-electron chi connectivity index (χ2n) is 6.84.